The van der Waals surface area contributed by atoms with E-state index < -0.39 is 5.97 Å². The molecule has 1 aromatic heterocycles. The Balaban J connectivity index is 2.17. The van der Waals surface area contributed by atoms with Gasteiger partial charge in [0.05, 0.1) is 12.1 Å². The number of carboxylic acid groups (broad SMARTS) is 1. The zero-order valence-electron chi connectivity index (χ0n) is 11.7. The minimum atomic E-state index is -0.715. The summed E-state index contributed by atoms with van der Waals surface area (Å²) in [6, 6.07) is 0.338. The molecule has 0 bridgehead atoms. The Bertz CT molecular complexity index is 461. The third-order valence-corrected chi connectivity index (χ3v) is 4.77. The SMILES string of the molecule is Cc1nn(C)cc1C(C)N1CCSCC1CC(=O)O. The maximum absolute atomic E-state index is 11.0. The van der Waals surface area contributed by atoms with E-state index in [0.29, 0.717) is 0 Å². The number of nitrogens with zero attached hydrogens (tertiary/aromatic N) is 3. The van der Waals surface area contributed by atoms with Crippen molar-refractivity contribution < 1.29 is 9.90 Å². The number of carboxylic acids is 1. The molecule has 1 aliphatic heterocycles. The summed E-state index contributed by atoms with van der Waals surface area (Å²) in [7, 11) is 1.92. The Hall–Kier alpha value is -1.01. The van der Waals surface area contributed by atoms with Gasteiger partial charge >= 0.3 is 5.97 Å². The molecule has 0 radical (unpaired) electrons. The zero-order chi connectivity index (χ0) is 14.0. The lowest BCUT2D eigenvalue weighted by atomic mass is 10.0. The molecule has 2 unspecified atom stereocenters. The molecule has 2 atom stereocenters. The largest absolute Gasteiger partial charge is 0.481 e. The van der Waals surface area contributed by atoms with Gasteiger partial charge in [0.25, 0.3) is 0 Å². The van der Waals surface area contributed by atoms with Gasteiger partial charge in [0.2, 0.25) is 0 Å². The molecular formula is C13H21N3O2S. The van der Waals surface area contributed by atoms with Crippen LogP contribution in [0.25, 0.3) is 0 Å². The number of aryl methyl sites for hydroxylation is 2. The molecule has 0 spiro atoms. The van der Waals surface area contributed by atoms with Crippen LogP contribution in [0.5, 0.6) is 0 Å². The molecule has 5 nitrogen and oxygen atoms in total. The van der Waals surface area contributed by atoms with Crippen molar-refractivity contribution in [3.8, 4) is 0 Å². The van der Waals surface area contributed by atoms with Gasteiger partial charge < -0.3 is 5.11 Å². The Morgan fingerprint density at radius 3 is 3.00 bits per heavy atom. The topological polar surface area (TPSA) is 58.4 Å². The van der Waals surface area contributed by atoms with Crippen molar-refractivity contribution in [1.82, 2.24) is 14.7 Å². The van der Waals surface area contributed by atoms with E-state index in [9.17, 15) is 4.79 Å². The second-order valence-electron chi connectivity index (χ2n) is 5.08. The van der Waals surface area contributed by atoms with E-state index in [1.165, 1.54) is 5.56 Å². The van der Waals surface area contributed by atoms with Crippen molar-refractivity contribution >= 4 is 17.7 Å². The monoisotopic (exact) mass is 283 g/mol. The van der Waals surface area contributed by atoms with Gasteiger partial charge in [-0.2, -0.15) is 16.9 Å². The average Bonchev–Trinajstić information content (AvgIpc) is 2.67. The Kier molecular flexibility index (Phi) is 4.52. The van der Waals surface area contributed by atoms with E-state index in [1.807, 2.05) is 36.6 Å². The smallest absolute Gasteiger partial charge is 0.304 e. The van der Waals surface area contributed by atoms with Crippen molar-refractivity contribution in [2.45, 2.75) is 32.4 Å². The molecule has 1 N–H and O–H groups in total. The van der Waals surface area contributed by atoms with Crippen LogP contribution < -0.4 is 0 Å². The number of aromatic nitrogens is 2. The van der Waals surface area contributed by atoms with Crippen LogP contribution in [-0.4, -0.2) is 49.8 Å². The summed E-state index contributed by atoms with van der Waals surface area (Å²) in [5, 5.41) is 13.4. The summed E-state index contributed by atoms with van der Waals surface area (Å²) >= 11 is 1.84. The summed E-state index contributed by atoms with van der Waals surface area (Å²) in [6.45, 7) is 5.10. The van der Waals surface area contributed by atoms with Crippen molar-refractivity contribution in [2.75, 3.05) is 18.1 Å². The Labute approximate surface area is 118 Å². The highest BCUT2D eigenvalue weighted by atomic mass is 32.2. The molecule has 19 heavy (non-hydrogen) atoms. The van der Waals surface area contributed by atoms with Crippen molar-refractivity contribution in [3.63, 3.8) is 0 Å². The molecule has 1 fully saturated rings. The Morgan fingerprint density at radius 1 is 1.68 bits per heavy atom. The summed E-state index contributed by atoms with van der Waals surface area (Å²) < 4.78 is 1.83. The zero-order valence-corrected chi connectivity index (χ0v) is 12.5. The van der Waals surface area contributed by atoms with Gasteiger partial charge in [0.1, 0.15) is 0 Å². The van der Waals surface area contributed by atoms with Crippen LogP contribution >= 0.6 is 11.8 Å². The lowest BCUT2D eigenvalue weighted by molar-refractivity contribution is -0.138. The fourth-order valence-corrected chi connectivity index (χ4v) is 3.85. The van der Waals surface area contributed by atoms with Crippen molar-refractivity contribution in [1.29, 1.82) is 0 Å². The maximum atomic E-state index is 11.0. The summed E-state index contributed by atoms with van der Waals surface area (Å²) in [5.74, 6) is 1.25. The van der Waals surface area contributed by atoms with Crippen molar-refractivity contribution in [3.05, 3.63) is 17.5 Å². The summed E-state index contributed by atoms with van der Waals surface area (Å²) in [4.78, 5) is 13.3. The third kappa shape index (κ3) is 3.30. The minimum absolute atomic E-state index is 0.117. The van der Waals surface area contributed by atoms with Gasteiger partial charge in [0, 0.05) is 48.9 Å². The van der Waals surface area contributed by atoms with Crippen LogP contribution in [0.15, 0.2) is 6.20 Å². The predicted octanol–water partition coefficient (Wildman–Crippen LogP) is 1.68. The van der Waals surface area contributed by atoms with Crippen LogP contribution in [0, 0.1) is 6.92 Å². The van der Waals surface area contributed by atoms with Crippen LogP contribution in [-0.2, 0) is 11.8 Å². The van der Waals surface area contributed by atoms with E-state index in [1.54, 1.807) is 0 Å². The number of carbonyl (C=O) groups is 1. The maximum Gasteiger partial charge on any atom is 0.304 e. The van der Waals surface area contributed by atoms with Gasteiger partial charge in [-0.05, 0) is 13.8 Å². The average molecular weight is 283 g/mol. The molecule has 0 aromatic carbocycles. The molecule has 0 aliphatic carbocycles. The molecule has 2 heterocycles. The first-order valence-electron chi connectivity index (χ1n) is 6.54. The lowest BCUT2D eigenvalue weighted by Gasteiger charge is -2.38. The Morgan fingerprint density at radius 2 is 2.42 bits per heavy atom. The van der Waals surface area contributed by atoms with Crippen LogP contribution in [0.1, 0.15) is 30.6 Å². The van der Waals surface area contributed by atoms with Crippen LogP contribution in [0.4, 0.5) is 0 Å². The molecule has 0 saturated carbocycles. The second kappa shape index (κ2) is 5.96. The normalized spacial score (nSPS) is 22.4. The molecule has 2 rings (SSSR count). The number of hydrogen-bond acceptors (Lipinski definition) is 4. The second-order valence-corrected chi connectivity index (χ2v) is 6.23. The molecule has 6 heteroatoms. The van der Waals surface area contributed by atoms with Crippen molar-refractivity contribution in [2.24, 2.45) is 7.05 Å². The third-order valence-electron chi connectivity index (χ3n) is 3.68. The number of hydrogen-bond donors (Lipinski definition) is 1. The standard InChI is InChI=1S/C13H21N3O2S/c1-9-12(7-15(3)14-9)10(2)16-4-5-19-8-11(16)6-13(17)18/h7,10-11H,4-6,8H2,1-3H3,(H,17,18). The summed E-state index contributed by atoms with van der Waals surface area (Å²) in [5.41, 5.74) is 2.23. The number of rotatable bonds is 4. The van der Waals surface area contributed by atoms with Gasteiger partial charge in [-0.25, -0.2) is 0 Å². The highest BCUT2D eigenvalue weighted by Gasteiger charge is 2.30. The van der Waals surface area contributed by atoms with E-state index in [4.69, 9.17) is 5.11 Å². The first kappa shape index (κ1) is 14.4. The minimum Gasteiger partial charge on any atom is -0.481 e. The fraction of sp³-hybridized carbons (Fsp3) is 0.692. The predicted molar refractivity (Wildman–Crippen MR) is 76.4 cm³/mol. The highest BCUT2D eigenvalue weighted by molar-refractivity contribution is 7.99. The van der Waals surface area contributed by atoms with E-state index in [0.717, 1.165) is 23.7 Å². The highest BCUT2D eigenvalue weighted by Crippen LogP contribution is 2.30. The summed E-state index contributed by atoms with van der Waals surface area (Å²) in [6.07, 6.45) is 2.26. The van der Waals surface area contributed by atoms with Gasteiger partial charge in [0.15, 0.2) is 0 Å². The van der Waals surface area contributed by atoms with E-state index in [-0.39, 0.29) is 18.5 Å². The molecular weight excluding hydrogens is 262 g/mol. The molecule has 106 valence electrons. The molecule has 1 saturated heterocycles. The molecule has 0 amide bonds. The van der Waals surface area contributed by atoms with Gasteiger partial charge in [-0.15, -0.1) is 0 Å². The first-order valence-corrected chi connectivity index (χ1v) is 7.70. The fourth-order valence-electron chi connectivity index (χ4n) is 2.76. The van der Waals surface area contributed by atoms with Crippen LogP contribution in [0.2, 0.25) is 0 Å². The number of aliphatic carboxylic acids is 1. The van der Waals surface area contributed by atoms with Gasteiger partial charge in [-0.1, -0.05) is 0 Å². The lowest BCUT2D eigenvalue weighted by Crippen LogP contribution is -2.44. The van der Waals surface area contributed by atoms with Gasteiger partial charge in [-0.3, -0.25) is 14.4 Å². The molecule has 1 aromatic rings. The molecule has 1 aliphatic rings. The van der Waals surface area contributed by atoms with E-state index in [2.05, 4.69) is 16.9 Å². The first-order chi connectivity index (χ1) is 8.99. The van der Waals surface area contributed by atoms with Crippen LogP contribution in [0.3, 0.4) is 0 Å². The quantitative estimate of drug-likeness (QED) is 0.911. The van der Waals surface area contributed by atoms with E-state index >= 15 is 0 Å². The number of thioether (sulfide) groups is 1.